The van der Waals surface area contributed by atoms with Gasteiger partial charge in [-0.15, -0.1) is 12.4 Å². The van der Waals surface area contributed by atoms with E-state index in [-0.39, 0.29) is 12.4 Å². The summed E-state index contributed by atoms with van der Waals surface area (Å²) in [5.74, 6) is 2.17. The lowest BCUT2D eigenvalue weighted by molar-refractivity contribution is 0.281. The first-order chi connectivity index (χ1) is 12.2. The Labute approximate surface area is 158 Å². The summed E-state index contributed by atoms with van der Waals surface area (Å²) in [6, 6.07) is 7.86. The molecule has 0 amide bonds. The van der Waals surface area contributed by atoms with Gasteiger partial charge in [-0.1, -0.05) is 11.2 Å². The Kier molecular flexibility index (Phi) is 7.12. The highest BCUT2D eigenvalue weighted by Gasteiger charge is 2.12. The molecule has 0 radical (unpaired) electrons. The highest BCUT2D eigenvalue weighted by molar-refractivity contribution is 5.85. The fraction of sp³-hybridized carbons (Fsp3) is 0.316. The fourth-order valence-corrected chi connectivity index (χ4v) is 2.54. The molecule has 3 aromatic rings. The highest BCUT2D eigenvalue weighted by atomic mass is 35.5. The molecular weight excluding hydrogens is 356 g/mol. The van der Waals surface area contributed by atoms with Crippen LogP contribution in [0.3, 0.4) is 0 Å². The molecule has 140 valence electrons. The van der Waals surface area contributed by atoms with E-state index in [1.807, 2.05) is 38.1 Å². The SMILES string of the molecule is COc1cc(CNCc2ccoc2)ccc1OCc1c(C)noc1C.Cl. The lowest BCUT2D eigenvalue weighted by atomic mass is 10.2. The normalized spacial score (nSPS) is 10.4. The summed E-state index contributed by atoms with van der Waals surface area (Å²) < 4.78 is 21.6. The summed E-state index contributed by atoms with van der Waals surface area (Å²) in [6.45, 7) is 5.66. The van der Waals surface area contributed by atoms with Gasteiger partial charge in [0.25, 0.3) is 0 Å². The van der Waals surface area contributed by atoms with Crippen LogP contribution in [-0.2, 0) is 19.7 Å². The predicted molar refractivity (Wildman–Crippen MR) is 99.8 cm³/mol. The molecule has 2 aromatic heterocycles. The molecule has 2 heterocycles. The molecule has 7 heteroatoms. The summed E-state index contributed by atoms with van der Waals surface area (Å²) in [6.07, 6.45) is 3.41. The number of rotatable bonds is 8. The van der Waals surface area contributed by atoms with Crippen LogP contribution in [0.4, 0.5) is 0 Å². The lowest BCUT2D eigenvalue weighted by Gasteiger charge is -2.12. The Balaban J connectivity index is 0.00000243. The van der Waals surface area contributed by atoms with Crippen molar-refractivity contribution in [3.8, 4) is 11.5 Å². The van der Waals surface area contributed by atoms with Crippen LogP contribution in [0.15, 0.2) is 45.7 Å². The summed E-state index contributed by atoms with van der Waals surface area (Å²) in [4.78, 5) is 0. The van der Waals surface area contributed by atoms with Gasteiger partial charge in [0, 0.05) is 18.7 Å². The van der Waals surface area contributed by atoms with E-state index in [9.17, 15) is 0 Å². The fourth-order valence-electron chi connectivity index (χ4n) is 2.54. The Bertz CT molecular complexity index is 796. The second-order valence-corrected chi connectivity index (χ2v) is 5.81. The maximum absolute atomic E-state index is 5.89. The summed E-state index contributed by atoms with van der Waals surface area (Å²) in [5.41, 5.74) is 4.04. The standard InChI is InChI=1S/C19H22N2O4.ClH/c1-13-17(14(2)25-21-13)12-24-18-5-4-15(8-19(18)22-3)9-20-10-16-6-7-23-11-16;/h4-8,11,20H,9-10,12H2,1-3H3;1H. The van der Waals surface area contributed by atoms with Gasteiger partial charge in [0.2, 0.25) is 0 Å². The molecule has 0 aliphatic carbocycles. The molecule has 1 aromatic carbocycles. The highest BCUT2D eigenvalue weighted by Crippen LogP contribution is 2.29. The van der Waals surface area contributed by atoms with E-state index in [0.717, 1.165) is 41.2 Å². The number of furan rings is 1. The Morgan fingerprint density at radius 1 is 1.08 bits per heavy atom. The monoisotopic (exact) mass is 378 g/mol. The number of nitrogens with one attached hydrogen (secondary N) is 1. The summed E-state index contributed by atoms with van der Waals surface area (Å²) in [5, 5.41) is 7.31. The molecular formula is C19H23ClN2O4. The molecule has 3 rings (SSSR count). The second kappa shape index (κ2) is 9.31. The Hall–Kier alpha value is -2.44. The number of aromatic nitrogens is 1. The Morgan fingerprint density at radius 2 is 1.88 bits per heavy atom. The number of hydrogen-bond donors (Lipinski definition) is 1. The molecule has 26 heavy (non-hydrogen) atoms. The average Bonchev–Trinajstić information content (AvgIpc) is 3.24. The Morgan fingerprint density at radius 3 is 2.54 bits per heavy atom. The summed E-state index contributed by atoms with van der Waals surface area (Å²) >= 11 is 0. The minimum Gasteiger partial charge on any atom is -0.493 e. The molecule has 0 aliphatic rings. The maximum Gasteiger partial charge on any atom is 0.161 e. The van der Waals surface area contributed by atoms with E-state index in [1.54, 1.807) is 19.6 Å². The van der Waals surface area contributed by atoms with Gasteiger partial charge < -0.3 is 23.7 Å². The number of nitrogens with zero attached hydrogens (tertiary/aromatic N) is 1. The number of benzene rings is 1. The van der Waals surface area contributed by atoms with Crippen LogP contribution >= 0.6 is 12.4 Å². The van der Waals surface area contributed by atoms with E-state index in [0.29, 0.717) is 18.1 Å². The molecule has 0 unspecified atom stereocenters. The molecule has 0 saturated heterocycles. The van der Waals surface area contributed by atoms with Gasteiger partial charge in [0.15, 0.2) is 11.5 Å². The first-order valence-corrected chi connectivity index (χ1v) is 8.10. The molecule has 0 spiro atoms. The van der Waals surface area contributed by atoms with E-state index in [2.05, 4.69) is 10.5 Å². The third kappa shape index (κ3) is 4.80. The van der Waals surface area contributed by atoms with E-state index < -0.39 is 0 Å². The minimum atomic E-state index is 0. The van der Waals surface area contributed by atoms with Crippen LogP contribution in [0.1, 0.15) is 28.1 Å². The zero-order chi connectivity index (χ0) is 17.6. The number of methoxy groups -OCH3 is 1. The molecule has 0 atom stereocenters. The van der Waals surface area contributed by atoms with Crippen LogP contribution in [-0.4, -0.2) is 12.3 Å². The number of hydrogen-bond acceptors (Lipinski definition) is 6. The van der Waals surface area contributed by atoms with Crippen molar-refractivity contribution in [3.63, 3.8) is 0 Å². The number of aryl methyl sites for hydroxylation is 2. The molecule has 0 bridgehead atoms. The van der Waals surface area contributed by atoms with E-state index in [1.165, 1.54) is 0 Å². The first kappa shape index (κ1) is 19.9. The zero-order valence-electron chi connectivity index (χ0n) is 15.1. The minimum absolute atomic E-state index is 0. The first-order valence-electron chi connectivity index (χ1n) is 8.10. The lowest BCUT2D eigenvalue weighted by Crippen LogP contribution is -2.12. The van der Waals surface area contributed by atoms with Gasteiger partial charge in [-0.25, -0.2) is 0 Å². The van der Waals surface area contributed by atoms with E-state index in [4.69, 9.17) is 18.4 Å². The van der Waals surface area contributed by atoms with E-state index >= 15 is 0 Å². The predicted octanol–water partition coefficient (Wildman–Crippen LogP) is 4.18. The molecule has 0 fully saturated rings. The second-order valence-electron chi connectivity index (χ2n) is 5.81. The topological polar surface area (TPSA) is 69.7 Å². The van der Waals surface area contributed by atoms with Crippen molar-refractivity contribution in [2.45, 2.75) is 33.5 Å². The van der Waals surface area contributed by atoms with Crippen LogP contribution in [0.5, 0.6) is 11.5 Å². The molecule has 0 aliphatic heterocycles. The average molecular weight is 379 g/mol. The zero-order valence-corrected chi connectivity index (χ0v) is 15.9. The van der Waals surface area contributed by atoms with Gasteiger partial charge in [-0.05, 0) is 37.6 Å². The van der Waals surface area contributed by atoms with Crippen LogP contribution in [0, 0.1) is 13.8 Å². The quantitative estimate of drug-likeness (QED) is 0.634. The van der Waals surface area contributed by atoms with Crippen molar-refractivity contribution in [3.05, 3.63) is 64.9 Å². The van der Waals surface area contributed by atoms with Crippen LogP contribution in [0.25, 0.3) is 0 Å². The smallest absolute Gasteiger partial charge is 0.161 e. The van der Waals surface area contributed by atoms with Crippen molar-refractivity contribution in [1.82, 2.24) is 10.5 Å². The molecule has 6 nitrogen and oxygen atoms in total. The third-order valence-electron chi connectivity index (χ3n) is 4.02. The van der Waals surface area contributed by atoms with Gasteiger partial charge in [-0.2, -0.15) is 0 Å². The van der Waals surface area contributed by atoms with Gasteiger partial charge in [0.05, 0.1) is 30.9 Å². The van der Waals surface area contributed by atoms with Gasteiger partial charge in [0.1, 0.15) is 12.4 Å². The van der Waals surface area contributed by atoms with Crippen LogP contribution in [0.2, 0.25) is 0 Å². The van der Waals surface area contributed by atoms with Gasteiger partial charge >= 0.3 is 0 Å². The molecule has 1 N–H and O–H groups in total. The van der Waals surface area contributed by atoms with Crippen molar-refractivity contribution in [2.75, 3.05) is 7.11 Å². The van der Waals surface area contributed by atoms with Crippen molar-refractivity contribution < 1.29 is 18.4 Å². The van der Waals surface area contributed by atoms with Gasteiger partial charge in [-0.3, -0.25) is 0 Å². The van der Waals surface area contributed by atoms with Crippen LogP contribution < -0.4 is 14.8 Å². The third-order valence-corrected chi connectivity index (χ3v) is 4.02. The number of halogens is 1. The maximum atomic E-state index is 5.89. The largest absolute Gasteiger partial charge is 0.493 e. The molecule has 0 saturated carbocycles. The summed E-state index contributed by atoms with van der Waals surface area (Å²) in [7, 11) is 1.64. The van der Waals surface area contributed by atoms with Crippen molar-refractivity contribution >= 4 is 12.4 Å². The van der Waals surface area contributed by atoms with Crippen molar-refractivity contribution in [2.24, 2.45) is 0 Å². The van der Waals surface area contributed by atoms with Crippen molar-refractivity contribution in [1.29, 1.82) is 0 Å². The number of ether oxygens (including phenoxy) is 2.